The lowest BCUT2D eigenvalue weighted by Crippen LogP contribution is -2.21. The molecule has 0 bridgehead atoms. The normalized spacial score (nSPS) is 18.9. The molecule has 1 aromatic rings. The van der Waals surface area contributed by atoms with Crippen molar-refractivity contribution in [2.45, 2.75) is 43.1 Å². The third-order valence-electron chi connectivity index (χ3n) is 2.97. The molecular formula is C10H15N3O3S. The van der Waals surface area contributed by atoms with E-state index in [1.165, 1.54) is 11.8 Å². The second kappa shape index (κ2) is 4.56. The smallest absolute Gasteiger partial charge is 0.344 e. The fourth-order valence-corrected chi connectivity index (χ4v) is 2.59. The average molecular weight is 257 g/mol. The van der Waals surface area contributed by atoms with Crippen LogP contribution in [0.15, 0.2) is 9.95 Å². The Balaban J connectivity index is 2.13. The second-order valence-corrected chi connectivity index (χ2v) is 5.71. The van der Waals surface area contributed by atoms with Crippen molar-refractivity contribution >= 4 is 17.7 Å². The van der Waals surface area contributed by atoms with E-state index < -0.39 is 11.9 Å². The highest BCUT2D eigenvalue weighted by Gasteiger charge is 2.30. The maximum absolute atomic E-state index is 11.5. The van der Waals surface area contributed by atoms with Gasteiger partial charge in [-0.25, -0.2) is 9.89 Å². The molecule has 0 spiro atoms. The van der Waals surface area contributed by atoms with Gasteiger partial charge in [0.25, 0.3) is 0 Å². The number of aromatic amines is 1. The van der Waals surface area contributed by atoms with Gasteiger partial charge in [0.2, 0.25) is 0 Å². The number of carboxylic acids is 1. The van der Waals surface area contributed by atoms with Gasteiger partial charge in [0.1, 0.15) is 0 Å². The minimum Gasteiger partial charge on any atom is -0.481 e. The van der Waals surface area contributed by atoms with Crippen LogP contribution >= 0.6 is 11.8 Å². The number of nitrogens with one attached hydrogen (secondary N) is 1. The first-order chi connectivity index (χ1) is 8.00. The summed E-state index contributed by atoms with van der Waals surface area (Å²) in [5.41, 5.74) is -0.204. The Hall–Kier alpha value is -1.24. The van der Waals surface area contributed by atoms with Gasteiger partial charge >= 0.3 is 11.7 Å². The number of hydrogen-bond donors (Lipinski definition) is 2. The summed E-state index contributed by atoms with van der Waals surface area (Å²) >= 11 is 1.34. The number of aliphatic carboxylic acids is 1. The Labute approximate surface area is 102 Å². The third-order valence-corrected chi connectivity index (χ3v) is 4.25. The molecule has 1 saturated carbocycles. The number of hydrogen-bond acceptors (Lipinski definition) is 4. The van der Waals surface area contributed by atoms with Gasteiger partial charge in [-0.15, -0.1) is 5.10 Å². The predicted molar refractivity (Wildman–Crippen MR) is 63.2 cm³/mol. The lowest BCUT2D eigenvalue weighted by Gasteiger charge is -2.14. The summed E-state index contributed by atoms with van der Waals surface area (Å²) in [6, 6.07) is 0.246. The largest absolute Gasteiger partial charge is 0.481 e. The van der Waals surface area contributed by atoms with Crippen LogP contribution in [-0.2, 0) is 4.79 Å². The molecule has 0 saturated heterocycles. The van der Waals surface area contributed by atoms with Crippen LogP contribution in [0.25, 0.3) is 0 Å². The van der Waals surface area contributed by atoms with Crippen molar-refractivity contribution in [3.8, 4) is 0 Å². The standard InChI is InChI=1S/C10H15N3O3S/c1-5(8(14)15)6(2)17-10-12-11-9(16)13(10)7-3-4-7/h5-7H,3-4H2,1-2H3,(H,11,16)(H,14,15). The minimum absolute atomic E-state index is 0.125. The zero-order valence-electron chi connectivity index (χ0n) is 9.71. The Kier molecular flexibility index (Phi) is 3.28. The van der Waals surface area contributed by atoms with Crippen LogP contribution in [0.3, 0.4) is 0 Å². The molecule has 2 rings (SSSR count). The zero-order chi connectivity index (χ0) is 12.6. The molecule has 2 atom stereocenters. The van der Waals surface area contributed by atoms with Crippen LogP contribution in [0.4, 0.5) is 0 Å². The highest BCUT2D eigenvalue weighted by Crippen LogP contribution is 2.37. The summed E-state index contributed by atoms with van der Waals surface area (Å²) in [5, 5.41) is 15.8. The summed E-state index contributed by atoms with van der Waals surface area (Å²) in [7, 11) is 0. The molecule has 0 amide bonds. The van der Waals surface area contributed by atoms with Crippen LogP contribution in [0.2, 0.25) is 0 Å². The number of H-pyrrole nitrogens is 1. The van der Waals surface area contributed by atoms with Crippen molar-refractivity contribution in [2.75, 3.05) is 0 Å². The summed E-state index contributed by atoms with van der Waals surface area (Å²) in [6.45, 7) is 3.49. The molecule has 6 nitrogen and oxygen atoms in total. The molecule has 0 radical (unpaired) electrons. The molecule has 1 heterocycles. The highest BCUT2D eigenvalue weighted by atomic mass is 32.2. The first kappa shape index (κ1) is 12.2. The van der Waals surface area contributed by atoms with Gasteiger partial charge in [-0.05, 0) is 12.8 Å². The number of carboxylic acid groups (broad SMARTS) is 1. The second-order valence-electron chi connectivity index (χ2n) is 4.36. The SMILES string of the molecule is CC(Sc1n[nH]c(=O)n1C1CC1)C(C)C(=O)O. The first-order valence-electron chi connectivity index (χ1n) is 5.57. The van der Waals surface area contributed by atoms with E-state index in [2.05, 4.69) is 10.2 Å². The fraction of sp³-hybridized carbons (Fsp3) is 0.700. The Bertz CT molecular complexity index is 477. The van der Waals surface area contributed by atoms with Crippen LogP contribution in [0.5, 0.6) is 0 Å². The monoisotopic (exact) mass is 257 g/mol. The van der Waals surface area contributed by atoms with E-state index in [9.17, 15) is 9.59 Å². The molecule has 94 valence electrons. The van der Waals surface area contributed by atoms with Crippen molar-refractivity contribution in [3.05, 3.63) is 10.5 Å². The van der Waals surface area contributed by atoms with Crippen LogP contribution < -0.4 is 5.69 Å². The van der Waals surface area contributed by atoms with Crippen molar-refractivity contribution in [3.63, 3.8) is 0 Å². The Morgan fingerprint density at radius 1 is 1.59 bits per heavy atom. The van der Waals surface area contributed by atoms with E-state index in [0.29, 0.717) is 5.16 Å². The van der Waals surface area contributed by atoms with Gasteiger partial charge < -0.3 is 5.11 Å². The van der Waals surface area contributed by atoms with E-state index >= 15 is 0 Å². The molecule has 0 aromatic carbocycles. The van der Waals surface area contributed by atoms with Gasteiger partial charge in [0.05, 0.1) is 5.92 Å². The molecular weight excluding hydrogens is 242 g/mol. The van der Waals surface area contributed by atoms with Crippen molar-refractivity contribution in [1.82, 2.24) is 14.8 Å². The summed E-state index contributed by atoms with van der Waals surface area (Å²) in [6.07, 6.45) is 1.99. The van der Waals surface area contributed by atoms with E-state index in [1.54, 1.807) is 11.5 Å². The van der Waals surface area contributed by atoms with Gasteiger partial charge in [0, 0.05) is 11.3 Å². The van der Waals surface area contributed by atoms with Gasteiger partial charge in [0.15, 0.2) is 5.16 Å². The van der Waals surface area contributed by atoms with Crippen molar-refractivity contribution in [2.24, 2.45) is 5.92 Å². The number of thioether (sulfide) groups is 1. The van der Waals surface area contributed by atoms with Crippen molar-refractivity contribution < 1.29 is 9.90 Å². The lowest BCUT2D eigenvalue weighted by atomic mass is 10.1. The Morgan fingerprint density at radius 3 is 2.76 bits per heavy atom. The fourth-order valence-electron chi connectivity index (χ4n) is 1.50. The topological polar surface area (TPSA) is 88.0 Å². The number of aromatic nitrogens is 3. The van der Waals surface area contributed by atoms with Crippen LogP contribution in [-0.4, -0.2) is 31.1 Å². The maximum atomic E-state index is 11.5. The molecule has 2 N–H and O–H groups in total. The van der Waals surface area contributed by atoms with Gasteiger partial charge in [-0.3, -0.25) is 9.36 Å². The quantitative estimate of drug-likeness (QED) is 0.771. The van der Waals surface area contributed by atoms with E-state index in [4.69, 9.17) is 5.11 Å². The highest BCUT2D eigenvalue weighted by molar-refractivity contribution is 7.99. The van der Waals surface area contributed by atoms with E-state index in [-0.39, 0.29) is 17.0 Å². The predicted octanol–water partition coefficient (Wildman–Crippen LogP) is 1.11. The molecule has 1 fully saturated rings. The molecule has 17 heavy (non-hydrogen) atoms. The molecule has 1 aliphatic rings. The van der Waals surface area contributed by atoms with Crippen LogP contribution in [0, 0.1) is 5.92 Å². The van der Waals surface area contributed by atoms with Gasteiger partial charge in [-0.2, -0.15) is 0 Å². The number of carbonyl (C=O) groups is 1. The maximum Gasteiger partial charge on any atom is 0.344 e. The Morgan fingerprint density at radius 2 is 2.24 bits per heavy atom. The third kappa shape index (κ3) is 2.54. The molecule has 0 aliphatic heterocycles. The minimum atomic E-state index is -0.833. The zero-order valence-corrected chi connectivity index (χ0v) is 10.5. The van der Waals surface area contributed by atoms with Gasteiger partial charge in [-0.1, -0.05) is 25.6 Å². The summed E-state index contributed by atoms with van der Waals surface area (Å²) in [4.78, 5) is 22.4. The van der Waals surface area contributed by atoms with Crippen LogP contribution in [0.1, 0.15) is 32.7 Å². The molecule has 1 aliphatic carbocycles. The molecule has 2 unspecified atom stereocenters. The number of rotatable bonds is 5. The van der Waals surface area contributed by atoms with E-state index in [0.717, 1.165) is 12.8 Å². The van der Waals surface area contributed by atoms with E-state index in [1.807, 2.05) is 6.92 Å². The average Bonchev–Trinajstić information content (AvgIpc) is 3.03. The summed E-state index contributed by atoms with van der Waals surface area (Å²) < 4.78 is 1.63. The lowest BCUT2D eigenvalue weighted by molar-refractivity contribution is -0.140. The first-order valence-corrected chi connectivity index (χ1v) is 6.45. The summed E-state index contributed by atoms with van der Waals surface area (Å²) in [5.74, 6) is -1.31. The van der Waals surface area contributed by atoms with Crippen molar-refractivity contribution in [1.29, 1.82) is 0 Å². The molecule has 7 heteroatoms. The number of nitrogens with zero attached hydrogens (tertiary/aromatic N) is 2. The molecule has 1 aromatic heterocycles.